The zero-order valence-corrected chi connectivity index (χ0v) is 27.7. The van der Waals surface area contributed by atoms with Gasteiger partial charge < -0.3 is 26.0 Å². The highest BCUT2D eigenvalue weighted by molar-refractivity contribution is 6.39. The predicted octanol–water partition coefficient (Wildman–Crippen LogP) is 7.06. The molecule has 1 fully saturated rings. The molecule has 4 heterocycles. The number of carbonyl (C=O) groups is 1. The van der Waals surface area contributed by atoms with E-state index in [1.54, 1.807) is 37.8 Å². The average molecular weight is 687 g/mol. The fourth-order valence-electron chi connectivity index (χ4n) is 5.60. The standard InChI is InChI=1S/C36H34Cl2FN7O2/c1-48-36-24(20-42-21-25-11-13-31(47)44-25)10-12-29(46-36)28-8-2-6-26(32(28)37)27-7-3-9-30(33(27)38)45-35-34(39)23(14-16-43-35)19-41-18-22-5-4-15-40-17-22/h2-10,12,14-17,25,41-42H,11,13,18-21H2,1H3,(H,43,45)(H,44,47)/t25-/m0/s1. The molecule has 1 amide bonds. The molecule has 0 radical (unpaired) electrons. The monoisotopic (exact) mass is 685 g/mol. The van der Waals surface area contributed by atoms with Gasteiger partial charge in [-0.05, 0) is 36.2 Å². The summed E-state index contributed by atoms with van der Waals surface area (Å²) in [6.45, 7) is 2.06. The van der Waals surface area contributed by atoms with Crippen LogP contribution in [0.4, 0.5) is 15.9 Å². The predicted molar refractivity (Wildman–Crippen MR) is 187 cm³/mol. The van der Waals surface area contributed by atoms with E-state index in [0.717, 1.165) is 17.5 Å². The topological polar surface area (TPSA) is 113 Å². The van der Waals surface area contributed by atoms with E-state index in [0.29, 0.717) is 82.2 Å². The van der Waals surface area contributed by atoms with Gasteiger partial charge >= 0.3 is 0 Å². The normalized spacial score (nSPS) is 14.2. The number of benzene rings is 2. The SMILES string of the molecule is COc1nc(-c2cccc(-c3cccc(Nc4nccc(CNCc5cccnc5)c4F)c3Cl)c2Cl)ccc1CNC[C@@H]1CCC(=O)N1. The summed E-state index contributed by atoms with van der Waals surface area (Å²) in [6.07, 6.45) is 6.43. The number of nitrogens with zero attached hydrogens (tertiary/aromatic N) is 3. The Morgan fingerprint density at radius 2 is 1.69 bits per heavy atom. The number of anilines is 2. The Kier molecular flexibility index (Phi) is 10.8. The Bertz CT molecular complexity index is 1910. The summed E-state index contributed by atoms with van der Waals surface area (Å²) in [6, 6.07) is 20.5. The van der Waals surface area contributed by atoms with Crippen molar-refractivity contribution in [3.05, 3.63) is 118 Å². The first kappa shape index (κ1) is 33.3. The first-order valence-electron chi connectivity index (χ1n) is 15.5. The van der Waals surface area contributed by atoms with Crippen molar-refractivity contribution in [1.29, 1.82) is 0 Å². The van der Waals surface area contributed by atoms with Crippen LogP contribution in [0.15, 0.2) is 85.3 Å². The molecule has 5 aromatic rings. The van der Waals surface area contributed by atoms with Gasteiger partial charge in [-0.15, -0.1) is 0 Å². The van der Waals surface area contributed by atoms with E-state index in [9.17, 15) is 4.79 Å². The highest BCUT2D eigenvalue weighted by Gasteiger charge is 2.21. The number of amides is 1. The van der Waals surface area contributed by atoms with Crippen molar-refractivity contribution in [2.45, 2.75) is 38.5 Å². The molecule has 1 aliphatic rings. The van der Waals surface area contributed by atoms with Crippen LogP contribution in [0, 0.1) is 5.82 Å². The van der Waals surface area contributed by atoms with Crippen molar-refractivity contribution in [2.24, 2.45) is 0 Å². The molecule has 3 aromatic heterocycles. The number of hydrogen-bond acceptors (Lipinski definition) is 8. The molecule has 0 unspecified atom stereocenters. The Labute approximate surface area is 288 Å². The van der Waals surface area contributed by atoms with Crippen molar-refractivity contribution in [3.8, 4) is 28.3 Å². The second kappa shape index (κ2) is 15.5. The van der Waals surface area contributed by atoms with Crippen molar-refractivity contribution in [1.82, 2.24) is 30.9 Å². The van der Waals surface area contributed by atoms with Gasteiger partial charge in [-0.25, -0.2) is 14.4 Å². The number of ether oxygens (including phenoxy) is 1. The number of pyridine rings is 3. The van der Waals surface area contributed by atoms with E-state index in [4.69, 9.17) is 32.9 Å². The molecular weight excluding hydrogens is 652 g/mol. The Hall–Kier alpha value is -4.61. The smallest absolute Gasteiger partial charge is 0.220 e. The zero-order valence-electron chi connectivity index (χ0n) is 26.2. The summed E-state index contributed by atoms with van der Waals surface area (Å²) in [5.41, 5.74) is 5.52. The van der Waals surface area contributed by atoms with Gasteiger partial charge in [-0.1, -0.05) is 65.7 Å². The number of nitrogens with one attached hydrogen (secondary N) is 4. The van der Waals surface area contributed by atoms with Crippen molar-refractivity contribution < 1.29 is 13.9 Å². The summed E-state index contributed by atoms with van der Waals surface area (Å²) in [4.78, 5) is 24.6. The molecule has 246 valence electrons. The van der Waals surface area contributed by atoms with E-state index < -0.39 is 5.82 Å². The fourth-order valence-corrected chi connectivity index (χ4v) is 6.20. The fraction of sp³-hybridized carbons (Fsp3) is 0.222. The molecular formula is C36H34Cl2FN7O2. The number of methoxy groups -OCH3 is 1. The second-order valence-electron chi connectivity index (χ2n) is 11.4. The van der Waals surface area contributed by atoms with Gasteiger partial charge in [0, 0.05) is 85.0 Å². The number of hydrogen-bond donors (Lipinski definition) is 4. The Morgan fingerprint density at radius 3 is 2.46 bits per heavy atom. The van der Waals surface area contributed by atoms with Crippen LogP contribution >= 0.6 is 23.2 Å². The van der Waals surface area contributed by atoms with Crippen LogP contribution in [-0.4, -0.2) is 40.6 Å². The van der Waals surface area contributed by atoms with Gasteiger partial charge in [0.15, 0.2) is 11.6 Å². The molecule has 6 rings (SSSR count). The van der Waals surface area contributed by atoms with Crippen molar-refractivity contribution in [3.63, 3.8) is 0 Å². The minimum absolute atomic E-state index is 0.0634. The lowest BCUT2D eigenvalue weighted by Gasteiger charge is -2.16. The van der Waals surface area contributed by atoms with Crippen LogP contribution in [0.5, 0.6) is 5.88 Å². The third-order valence-corrected chi connectivity index (χ3v) is 8.89. The average Bonchev–Trinajstić information content (AvgIpc) is 3.52. The third-order valence-electron chi connectivity index (χ3n) is 8.08. The first-order valence-corrected chi connectivity index (χ1v) is 16.3. The van der Waals surface area contributed by atoms with Crippen LogP contribution in [0.2, 0.25) is 10.0 Å². The lowest BCUT2D eigenvalue weighted by atomic mass is 10.00. The number of rotatable bonds is 13. The van der Waals surface area contributed by atoms with Crippen LogP contribution in [0.3, 0.4) is 0 Å². The lowest BCUT2D eigenvalue weighted by molar-refractivity contribution is -0.119. The van der Waals surface area contributed by atoms with Crippen LogP contribution < -0.4 is 26.0 Å². The van der Waals surface area contributed by atoms with E-state index in [-0.39, 0.29) is 17.8 Å². The zero-order chi connectivity index (χ0) is 33.5. The maximum Gasteiger partial charge on any atom is 0.220 e. The van der Waals surface area contributed by atoms with Gasteiger partial charge in [-0.2, -0.15) is 0 Å². The number of carbonyl (C=O) groups excluding carboxylic acids is 1. The summed E-state index contributed by atoms with van der Waals surface area (Å²) in [5, 5.41) is 13.5. The molecule has 0 spiro atoms. The molecule has 0 saturated carbocycles. The maximum atomic E-state index is 15.5. The van der Waals surface area contributed by atoms with Gasteiger partial charge in [0.25, 0.3) is 0 Å². The molecule has 12 heteroatoms. The van der Waals surface area contributed by atoms with Gasteiger partial charge in [-0.3, -0.25) is 9.78 Å². The van der Waals surface area contributed by atoms with Crippen LogP contribution in [0.1, 0.15) is 29.5 Å². The quantitative estimate of drug-likeness (QED) is 0.104. The lowest BCUT2D eigenvalue weighted by Crippen LogP contribution is -2.35. The van der Waals surface area contributed by atoms with Crippen LogP contribution in [0.25, 0.3) is 22.4 Å². The van der Waals surface area contributed by atoms with E-state index in [1.165, 1.54) is 0 Å². The van der Waals surface area contributed by atoms with Crippen LogP contribution in [-0.2, 0) is 24.4 Å². The summed E-state index contributed by atoms with van der Waals surface area (Å²) >= 11 is 13.9. The second-order valence-corrected chi connectivity index (χ2v) is 12.1. The van der Waals surface area contributed by atoms with E-state index in [1.807, 2.05) is 54.6 Å². The van der Waals surface area contributed by atoms with Crippen molar-refractivity contribution >= 4 is 40.6 Å². The first-order chi connectivity index (χ1) is 23.4. The minimum atomic E-state index is -0.471. The highest BCUT2D eigenvalue weighted by Crippen LogP contribution is 2.42. The van der Waals surface area contributed by atoms with Gasteiger partial charge in [0.2, 0.25) is 11.8 Å². The molecule has 0 bridgehead atoms. The third kappa shape index (κ3) is 7.74. The summed E-state index contributed by atoms with van der Waals surface area (Å²) < 4.78 is 21.1. The largest absolute Gasteiger partial charge is 0.481 e. The summed E-state index contributed by atoms with van der Waals surface area (Å²) in [7, 11) is 1.58. The molecule has 1 aliphatic heterocycles. The Morgan fingerprint density at radius 1 is 0.896 bits per heavy atom. The molecule has 1 saturated heterocycles. The van der Waals surface area contributed by atoms with Crippen molar-refractivity contribution in [2.75, 3.05) is 19.0 Å². The van der Waals surface area contributed by atoms with Gasteiger partial charge in [0.05, 0.1) is 28.5 Å². The van der Waals surface area contributed by atoms with E-state index in [2.05, 4.69) is 31.2 Å². The number of halogens is 3. The summed E-state index contributed by atoms with van der Waals surface area (Å²) in [5.74, 6) is 0.159. The highest BCUT2D eigenvalue weighted by atomic mass is 35.5. The molecule has 9 nitrogen and oxygen atoms in total. The minimum Gasteiger partial charge on any atom is -0.481 e. The molecule has 0 aliphatic carbocycles. The Balaban J connectivity index is 1.18. The van der Waals surface area contributed by atoms with E-state index >= 15 is 4.39 Å². The molecule has 4 N–H and O–H groups in total. The maximum absolute atomic E-state index is 15.5. The molecule has 2 aromatic carbocycles. The van der Waals surface area contributed by atoms with Gasteiger partial charge in [0.1, 0.15) is 0 Å². The number of aromatic nitrogens is 3. The molecule has 48 heavy (non-hydrogen) atoms. The molecule has 1 atom stereocenters.